The number of fused-ring (bicyclic) bond motifs is 1. The Morgan fingerprint density at radius 3 is 2.24 bits per heavy atom. The molecule has 0 bridgehead atoms. The van der Waals surface area contributed by atoms with Crippen molar-refractivity contribution < 1.29 is 13.2 Å². The van der Waals surface area contributed by atoms with E-state index < -0.39 is 9.84 Å². The minimum atomic E-state index is -2.91. The maximum atomic E-state index is 12.1. The van der Waals surface area contributed by atoms with Crippen molar-refractivity contribution in [3.63, 3.8) is 0 Å². The van der Waals surface area contributed by atoms with E-state index in [2.05, 4.69) is 40.2 Å². The Labute approximate surface area is 184 Å². The molecule has 0 radical (unpaired) electrons. The van der Waals surface area contributed by atoms with E-state index in [9.17, 15) is 8.42 Å². The number of ether oxygens (including phenoxy) is 1. The van der Waals surface area contributed by atoms with Crippen molar-refractivity contribution >= 4 is 36.5 Å². The monoisotopic (exact) mass is 483 g/mol. The lowest BCUT2D eigenvalue weighted by Crippen LogP contribution is -2.14. The topological polar surface area (TPSA) is 69.4 Å². The molecule has 2 N–H and O–H groups in total. The molecule has 0 aliphatic carbocycles. The smallest absolute Gasteiger partial charge is 0.150 e. The van der Waals surface area contributed by atoms with Gasteiger partial charge in [-0.3, -0.25) is 0 Å². The molecule has 0 aliphatic rings. The molecule has 1 unspecified atom stereocenters. The number of halogens is 1. The Morgan fingerprint density at radius 2 is 1.52 bits per heavy atom. The third-order valence-corrected chi connectivity index (χ3v) is 7.32. The first-order chi connectivity index (χ1) is 13.9. The molecule has 0 aliphatic heterocycles. The first-order valence-corrected chi connectivity index (χ1v) is 13.3. The van der Waals surface area contributed by atoms with Gasteiger partial charge in [0, 0.05) is 10.5 Å². The van der Waals surface area contributed by atoms with Crippen LogP contribution in [0.15, 0.2) is 40.9 Å². The zero-order valence-electron chi connectivity index (χ0n) is 17.4. The lowest BCUT2D eigenvalue weighted by Gasteiger charge is -2.08. The summed E-state index contributed by atoms with van der Waals surface area (Å²) in [6.45, 7) is 2.65. The van der Waals surface area contributed by atoms with Gasteiger partial charge in [0.15, 0.2) is 0 Å². The molecule has 0 fully saturated rings. The van der Waals surface area contributed by atoms with Gasteiger partial charge < -0.3 is 10.5 Å². The van der Waals surface area contributed by atoms with E-state index in [-0.39, 0.29) is 6.04 Å². The van der Waals surface area contributed by atoms with Crippen molar-refractivity contribution in [3.05, 3.63) is 40.9 Å². The maximum Gasteiger partial charge on any atom is 0.150 e. The van der Waals surface area contributed by atoms with Crippen LogP contribution in [-0.4, -0.2) is 32.6 Å². The quantitative estimate of drug-likeness (QED) is 0.341. The summed E-state index contributed by atoms with van der Waals surface area (Å²) in [6, 6.07) is 12.5. The highest BCUT2D eigenvalue weighted by molar-refractivity contribution is 9.10. The van der Waals surface area contributed by atoms with Crippen molar-refractivity contribution in [1.82, 2.24) is 0 Å². The second-order valence-corrected chi connectivity index (χ2v) is 11.1. The molecule has 1 atom stereocenters. The highest BCUT2D eigenvalue weighted by atomic mass is 79.9. The number of unbranched alkanes of at least 4 members (excludes halogenated alkanes) is 5. The average Bonchev–Trinajstić information content (AvgIpc) is 2.66. The van der Waals surface area contributed by atoms with Gasteiger partial charge in [-0.25, -0.2) is 8.42 Å². The molecule has 0 amide bonds. The van der Waals surface area contributed by atoms with Crippen LogP contribution in [0.3, 0.4) is 0 Å². The maximum absolute atomic E-state index is 12.1. The van der Waals surface area contributed by atoms with Gasteiger partial charge in [-0.15, -0.1) is 0 Å². The van der Waals surface area contributed by atoms with Crippen molar-refractivity contribution in [2.24, 2.45) is 5.73 Å². The zero-order valence-corrected chi connectivity index (χ0v) is 19.8. The minimum Gasteiger partial charge on any atom is -0.494 e. The van der Waals surface area contributed by atoms with Gasteiger partial charge >= 0.3 is 0 Å². The molecule has 2 rings (SSSR count). The van der Waals surface area contributed by atoms with E-state index in [4.69, 9.17) is 10.5 Å². The number of sulfone groups is 1. The third kappa shape index (κ3) is 9.96. The van der Waals surface area contributed by atoms with Crippen LogP contribution in [-0.2, 0) is 9.84 Å². The summed E-state index contributed by atoms with van der Waals surface area (Å²) in [4.78, 5) is 0. The summed E-state index contributed by atoms with van der Waals surface area (Å²) in [5, 5.41) is 2.34. The van der Waals surface area contributed by atoms with Gasteiger partial charge in [-0.05, 0) is 67.6 Å². The molecule has 6 heteroatoms. The molecule has 162 valence electrons. The first kappa shape index (κ1) is 24.2. The summed E-state index contributed by atoms with van der Waals surface area (Å²) in [7, 11) is -2.91. The van der Waals surface area contributed by atoms with E-state index in [1.165, 1.54) is 5.39 Å². The number of nitrogens with two attached hydrogens (primary N) is 1. The number of benzene rings is 2. The average molecular weight is 485 g/mol. The van der Waals surface area contributed by atoms with E-state index in [0.717, 1.165) is 67.0 Å². The van der Waals surface area contributed by atoms with Crippen molar-refractivity contribution in [3.8, 4) is 5.75 Å². The van der Waals surface area contributed by atoms with Crippen LogP contribution < -0.4 is 10.5 Å². The van der Waals surface area contributed by atoms with E-state index in [1.54, 1.807) is 0 Å². The Hall–Kier alpha value is -1.11. The molecule has 2 aromatic carbocycles. The third-order valence-electron chi connectivity index (χ3n) is 5.01. The summed E-state index contributed by atoms with van der Waals surface area (Å²) in [5.74, 6) is 1.50. The van der Waals surface area contributed by atoms with Crippen LogP contribution in [0.5, 0.6) is 5.75 Å². The molecule has 2 aromatic rings. The van der Waals surface area contributed by atoms with E-state index >= 15 is 0 Å². The van der Waals surface area contributed by atoms with Gasteiger partial charge in [-0.2, -0.15) is 0 Å². The summed E-state index contributed by atoms with van der Waals surface area (Å²) >= 11 is 3.48. The van der Waals surface area contributed by atoms with Gasteiger partial charge in [0.1, 0.15) is 15.6 Å². The molecule has 0 heterocycles. The molecule has 29 heavy (non-hydrogen) atoms. The Balaban J connectivity index is 1.55. The Morgan fingerprint density at radius 1 is 0.897 bits per heavy atom. The van der Waals surface area contributed by atoms with E-state index in [0.29, 0.717) is 18.1 Å². The fourth-order valence-corrected chi connectivity index (χ4v) is 5.19. The second kappa shape index (κ2) is 12.6. The fourth-order valence-electron chi connectivity index (χ4n) is 3.32. The normalized spacial score (nSPS) is 12.9. The number of hydrogen-bond donors (Lipinski definition) is 1. The standard InChI is InChI=1S/C23H34BrNO3S/c1-19(25)9-5-4-8-16-29(26,27)15-7-3-2-6-14-28-23-13-11-20-17-22(24)12-10-21(20)18-23/h10-13,17-19H,2-9,14-16,25H2,1H3. The predicted molar refractivity (Wildman–Crippen MR) is 126 cm³/mol. The Kier molecular flexibility index (Phi) is 10.5. The van der Waals surface area contributed by atoms with Crippen molar-refractivity contribution in [2.45, 2.75) is 64.3 Å². The summed E-state index contributed by atoms with van der Waals surface area (Å²) in [6.07, 6.45) is 7.29. The van der Waals surface area contributed by atoms with Gasteiger partial charge in [-0.1, -0.05) is 53.7 Å². The molecule has 0 saturated carbocycles. The number of rotatable bonds is 14. The van der Waals surface area contributed by atoms with Gasteiger partial charge in [0.2, 0.25) is 0 Å². The minimum absolute atomic E-state index is 0.208. The fraction of sp³-hybridized carbons (Fsp3) is 0.565. The largest absolute Gasteiger partial charge is 0.494 e. The molecular weight excluding hydrogens is 450 g/mol. The molecular formula is C23H34BrNO3S. The van der Waals surface area contributed by atoms with Crippen LogP contribution in [0.2, 0.25) is 0 Å². The number of hydrogen-bond acceptors (Lipinski definition) is 4. The molecule has 0 saturated heterocycles. The highest BCUT2D eigenvalue weighted by Crippen LogP contribution is 2.24. The second-order valence-electron chi connectivity index (χ2n) is 7.89. The summed E-state index contributed by atoms with van der Waals surface area (Å²) in [5.41, 5.74) is 5.71. The van der Waals surface area contributed by atoms with Crippen LogP contribution >= 0.6 is 15.9 Å². The van der Waals surface area contributed by atoms with Crippen LogP contribution in [0.4, 0.5) is 0 Å². The SMILES string of the molecule is CC(N)CCCCCS(=O)(=O)CCCCCCOc1ccc2cc(Br)ccc2c1. The lowest BCUT2D eigenvalue weighted by atomic mass is 10.1. The summed E-state index contributed by atoms with van der Waals surface area (Å²) < 4.78 is 31.1. The molecule has 0 aromatic heterocycles. The van der Waals surface area contributed by atoms with Crippen molar-refractivity contribution in [2.75, 3.05) is 18.1 Å². The molecule has 4 nitrogen and oxygen atoms in total. The van der Waals surface area contributed by atoms with E-state index in [1.807, 2.05) is 19.1 Å². The highest BCUT2D eigenvalue weighted by Gasteiger charge is 2.10. The van der Waals surface area contributed by atoms with Crippen molar-refractivity contribution in [1.29, 1.82) is 0 Å². The van der Waals surface area contributed by atoms with Crippen LogP contribution in [0, 0.1) is 0 Å². The van der Waals surface area contributed by atoms with Crippen LogP contribution in [0.25, 0.3) is 10.8 Å². The first-order valence-electron chi connectivity index (χ1n) is 10.6. The predicted octanol–water partition coefficient (Wildman–Crippen LogP) is 5.86. The Bertz CT molecular complexity index is 852. The van der Waals surface area contributed by atoms with Gasteiger partial charge in [0.25, 0.3) is 0 Å². The van der Waals surface area contributed by atoms with Gasteiger partial charge in [0.05, 0.1) is 18.1 Å². The van der Waals surface area contributed by atoms with Crippen LogP contribution in [0.1, 0.15) is 58.3 Å². The molecule has 0 spiro atoms. The zero-order chi connectivity index (χ0) is 21.1. The lowest BCUT2D eigenvalue weighted by molar-refractivity contribution is 0.305.